The van der Waals surface area contributed by atoms with Crippen LogP contribution in [0.2, 0.25) is 5.02 Å². The monoisotopic (exact) mass is 323 g/mol. The molecule has 2 aromatic heterocycles. The molecule has 0 unspecified atom stereocenters. The van der Waals surface area contributed by atoms with Gasteiger partial charge in [-0.1, -0.05) is 41.9 Å². The van der Waals surface area contributed by atoms with Crippen LogP contribution in [0.25, 0.3) is 16.8 Å². The lowest BCUT2D eigenvalue weighted by atomic mass is 10.2. The summed E-state index contributed by atoms with van der Waals surface area (Å²) in [4.78, 5) is 17.0. The highest BCUT2D eigenvalue weighted by Crippen LogP contribution is 2.23. The van der Waals surface area contributed by atoms with Crippen LogP contribution in [0, 0.1) is 6.92 Å². The van der Waals surface area contributed by atoms with E-state index in [1.165, 1.54) is 0 Å². The minimum absolute atomic E-state index is 0.0680. The van der Waals surface area contributed by atoms with Gasteiger partial charge in [0.1, 0.15) is 0 Å². The average Bonchev–Trinajstić information content (AvgIpc) is 2.84. The molecular formula is C18H14ClN3O. The Labute approximate surface area is 137 Å². The molecule has 4 rings (SSSR count). The van der Waals surface area contributed by atoms with Gasteiger partial charge in [-0.2, -0.15) is 0 Å². The zero-order chi connectivity index (χ0) is 16.0. The fourth-order valence-electron chi connectivity index (χ4n) is 2.93. The lowest BCUT2D eigenvalue weighted by Gasteiger charge is -2.08. The molecule has 5 heteroatoms. The topological polar surface area (TPSA) is 39.3 Å². The smallest absolute Gasteiger partial charge is 0.259 e. The first-order valence-electron chi connectivity index (χ1n) is 7.36. The summed E-state index contributed by atoms with van der Waals surface area (Å²) in [5, 5.41) is 0.707. The van der Waals surface area contributed by atoms with E-state index in [-0.39, 0.29) is 5.56 Å². The summed E-state index contributed by atoms with van der Waals surface area (Å²) in [6.07, 6.45) is 0. The molecule has 4 nitrogen and oxygen atoms in total. The molecule has 0 N–H and O–H groups in total. The molecular weight excluding hydrogens is 310 g/mol. The highest BCUT2D eigenvalue weighted by molar-refractivity contribution is 6.31. The van der Waals surface area contributed by atoms with Crippen LogP contribution < -0.4 is 5.56 Å². The Morgan fingerprint density at radius 1 is 1.04 bits per heavy atom. The van der Waals surface area contributed by atoms with Crippen molar-refractivity contribution in [2.75, 3.05) is 0 Å². The Morgan fingerprint density at radius 2 is 1.74 bits per heavy atom. The molecule has 0 fully saturated rings. The van der Waals surface area contributed by atoms with E-state index < -0.39 is 0 Å². The van der Waals surface area contributed by atoms with Crippen molar-refractivity contribution in [1.82, 2.24) is 14.0 Å². The Balaban J connectivity index is 2.08. The van der Waals surface area contributed by atoms with Gasteiger partial charge in [-0.05, 0) is 30.7 Å². The van der Waals surface area contributed by atoms with Crippen molar-refractivity contribution >= 4 is 28.4 Å². The number of fused-ring (bicyclic) bond motifs is 3. The zero-order valence-corrected chi connectivity index (χ0v) is 13.3. The van der Waals surface area contributed by atoms with Crippen LogP contribution in [0.1, 0.15) is 11.3 Å². The van der Waals surface area contributed by atoms with Gasteiger partial charge in [0, 0.05) is 16.8 Å². The minimum atomic E-state index is -0.0680. The first-order chi connectivity index (χ1) is 11.1. The molecule has 4 aromatic rings. The number of halogens is 1. The normalized spacial score (nSPS) is 11.4. The number of hydrogen-bond donors (Lipinski definition) is 0. The summed E-state index contributed by atoms with van der Waals surface area (Å²) in [7, 11) is 0. The third kappa shape index (κ3) is 2.23. The summed E-state index contributed by atoms with van der Waals surface area (Å²) in [5.74, 6) is 0.635. The molecule has 2 aromatic carbocycles. The van der Waals surface area contributed by atoms with E-state index in [0.717, 1.165) is 16.6 Å². The van der Waals surface area contributed by atoms with Crippen LogP contribution in [0.3, 0.4) is 0 Å². The molecule has 0 saturated carbocycles. The first kappa shape index (κ1) is 14.0. The third-order valence-corrected chi connectivity index (χ3v) is 4.34. The number of aryl methyl sites for hydroxylation is 1. The fraction of sp³-hybridized carbons (Fsp3) is 0.111. The van der Waals surface area contributed by atoms with Crippen LogP contribution in [-0.2, 0) is 6.54 Å². The van der Waals surface area contributed by atoms with Crippen molar-refractivity contribution in [3.8, 4) is 0 Å². The number of hydrogen-bond acceptors (Lipinski definition) is 2. The Bertz CT molecular complexity index is 1090. The van der Waals surface area contributed by atoms with Crippen molar-refractivity contribution in [2.24, 2.45) is 0 Å². The predicted molar refractivity (Wildman–Crippen MR) is 92.2 cm³/mol. The molecule has 2 heterocycles. The fourth-order valence-corrected chi connectivity index (χ4v) is 3.13. The Hall–Kier alpha value is -2.59. The van der Waals surface area contributed by atoms with Gasteiger partial charge in [-0.15, -0.1) is 0 Å². The molecule has 0 bridgehead atoms. The van der Waals surface area contributed by atoms with Crippen molar-refractivity contribution in [2.45, 2.75) is 13.5 Å². The molecule has 23 heavy (non-hydrogen) atoms. The van der Waals surface area contributed by atoms with E-state index >= 15 is 0 Å². The van der Waals surface area contributed by atoms with E-state index in [1.807, 2.05) is 60.0 Å². The van der Waals surface area contributed by atoms with Gasteiger partial charge in [-0.25, -0.2) is 9.38 Å². The van der Waals surface area contributed by atoms with E-state index in [2.05, 4.69) is 4.98 Å². The number of imidazole rings is 1. The molecule has 0 aliphatic rings. The second-order valence-electron chi connectivity index (χ2n) is 5.54. The second-order valence-corrected chi connectivity index (χ2v) is 5.94. The van der Waals surface area contributed by atoms with Gasteiger partial charge in [0.2, 0.25) is 5.78 Å². The minimum Gasteiger partial charge on any atom is -0.305 e. The summed E-state index contributed by atoms with van der Waals surface area (Å²) in [6.45, 7) is 2.39. The number of benzene rings is 2. The van der Waals surface area contributed by atoms with Crippen molar-refractivity contribution in [1.29, 1.82) is 0 Å². The van der Waals surface area contributed by atoms with E-state index in [4.69, 9.17) is 11.6 Å². The van der Waals surface area contributed by atoms with Crippen molar-refractivity contribution in [3.05, 3.63) is 81.2 Å². The number of para-hydroxylation sites is 2. The molecule has 0 aliphatic heterocycles. The SMILES string of the molecule is Cc1cc(=O)n2c3ccccc3n(Cc3ccccc3Cl)c2n1. The maximum atomic E-state index is 12.4. The average molecular weight is 324 g/mol. The second kappa shape index (κ2) is 5.25. The van der Waals surface area contributed by atoms with Gasteiger partial charge < -0.3 is 4.57 Å². The predicted octanol–water partition coefficient (Wildman–Crippen LogP) is 3.66. The van der Waals surface area contributed by atoms with Crippen molar-refractivity contribution < 1.29 is 0 Å². The molecule has 0 spiro atoms. The Morgan fingerprint density at radius 3 is 2.52 bits per heavy atom. The van der Waals surface area contributed by atoms with E-state index in [1.54, 1.807) is 10.5 Å². The zero-order valence-electron chi connectivity index (χ0n) is 12.5. The molecule has 0 amide bonds. The highest BCUT2D eigenvalue weighted by Gasteiger charge is 2.14. The summed E-state index contributed by atoms with van der Waals surface area (Å²) in [6, 6.07) is 17.1. The van der Waals surface area contributed by atoms with E-state index in [0.29, 0.717) is 23.0 Å². The van der Waals surface area contributed by atoms with Crippen LogP contribution in [-0.4, -0.2) is 14.0 Å². The van der Waals surface area contributed by atoms with Crippen LogP contribution >= 0.6 is 11.6 Å². The molecule has 0 radical (unpaired) electrons. The third-order valence-electron chi connectivity index (χ3n) is 3.97. The number of nitrogens with zero attached hydrogens (tertiary/aromatic N) is 3. The molecule has 0 atom stereocenters. The lowest BCUT2D eigenvalue weighted by molar-refractivity contribution is 0.829. The molecule has 0 aliphatic carbocycles. The standard InChI is InChI=1S/C18H14ClN3O/c1-12-10-17(23)22-16-9-5-4-8-15(16)21(18(22)20-12)11-13-6-2-3-7-14(13)19/h2-10H,11H2,1H3. The quantitative estimate of drug-likeness (QED) is 0.565. The maximum absolute atomic E-state index is 12.4. The van der Waals surface area contributed by atoms with Gasteiger partial charge in [-0.3, -0.25) is 4.79 Å². The number of rotatable bonds is 2. The molecule has 114 valence electrons. The number of aromatic nitrogens is 3. The Kier molecular flexibility index (Phi) is 3.20. The largest absolute Gasteiger partial charge is 0.305 e. The van der Waals surface area contributed by atoms with E-state index in [9.17, 15) is 4.79 Å². The van der Waals surface area contributed by atoms with Gasteiger partial charge in [0.05, 0.1) is 17.6 Å². The van der Waals surface area contributed by atoms with Gasteiger partial charge in [0.25, 0.3) is 5.56 Å². The first-order valence-corrected chi connectivity index (χ1v) is 7.74. The summed E-state index contributed by atoms with van der Waals surface area (Å²) < 4.78 is 3.68. The van der Waals surface area contributed by atoms with Crippen LogP contribution in [0.4, 0.5) is 0 Å². The van der Waals surface area contributed by atoms with Gasteiger partial charge >= 0.3 is 0 Å². The van der Waals surface area contributed by atoms with Crippen molar-refractivity contribution in [3.63, 3.8) is 0 Å². The van der Waals surface area contributed by atoms with Gasteiger partial charge in [0.15, 0.2) is 0 Å². The van der Waals surface area contributed by atoms with Crippen LogP contribution in [0.15, 0.2) is 59.4 Å². The lowest BCUT2D eigenvalue weighted by Crippen LogP contribution is -2.14. The highest BCUT2D eigenvalue weighted by atomic mass is 35.5. The summed E-state index contributed by atoms with van der Waals surface area (Å²) in [5.41, 5.74) is 3.45. The maximum Gasteiger partial charge on any atom is 0.259 e. The summed E-state index contributed by atoms with van der Waals surface area (Å²) >= 11 is 6.30. The molecule has 0 saturated heterocycles. The van der Waals surface area contributed by atoms with Crippen LogP contribution in [0.5, 0.6) is 0 Å².